The smallest absolute Gasteiger partial charge is 0.240 e. The summed E-state index contributed by atoms with van der Waals surface area (Å²) in [5.74, 6) is 0.515. The summed E-state index contributed by atoms with van der Waals surface area (Å²) in [5.41, 5.74) is 0.605. The molecule has 0 heterocycles. The molecular formula is C15H22N2O4S. The van der Waals surface area contributed by atoms with Crippen LogP contribution in [0.5, 0.6) is 0 Å². The molecule has 1 aromatic rings. The molecule has 1 aromatic carbocycles. The number of sulfonamides is 1. The van der Waals surface area contributed by atoms with Gasteiger partial charge < -0.3 is 10.1 Å². The van der Waals surface area contributed by atoms with Gasteiger partial charge in [-0.25, -0.2) is 13.1 Å². The maximum Gasteiger partial charge on any atom is 0.240 e. The molecule has 1 fully saturated rings. The third-order valence-corrected chi connectivity index (χ3v) is 5.26. The van der Waals surface area contributed by atoms with Crippen molar-refractivity contribution in [2.45, 2.75) is 31.2 Å². The van der Waals surface area contributed by atoms with Crippen molar-refractivity contribution in [2.24, 2.45) is 11.8 Å². The molecule has 3 atom stereocenters. The molecule has 22 heavy (non-hydrogen) atoms. The van der Waals surface area contributed by atoms with E-state index in [1.165, 1.54) is 19.2 Å². The number of hydrogen-bond acceptors (Lipinski definition) is 4. The highest BCUT2D eigenvalue weighted by Crippen LogP contribution is 2.38. The maximum absolute atomic E-state index is 12.2. The van der Waals surface area contributed by atoms with Crippen LogP contribution >= 0.6 is 0 Å². The van der Waals surface area contributed by atoms with Gasteiger partial charge in [-0.2, -0.15) is 0 Å². The first kappa shape index (κ1) is 16.9. The van der Waals surface area contributed by atoms with Crippen LogP contribution in [0, 0.1) is 11.8 Å². The lowest BCUT2D eigenvalue weighted by Gasteiger charge is -2.13. The Morgan fingerprint density at radius 3 is 2.45 bits per heavy atom. The normalized spacial score (nSPS) is 22.1. The summed E-state index contributed by atoms with van der Waals surface area (Å²) in [6, 6.07) is 5.84. The fraction of sp³-hybridized carbons (Fsp3) is 0.533. The van der Waals surface area contributed by atoms with Gasteiger partial charge in [0.1, 0.15) is 0 Å². The third-order valence-electron chi connectivity index (χ3n) is 3.65. The lowest BCUT2D eigenvalue weighted by atomic mass is 10.3. The molecule has 0 radical (unpaired) electrons. The van der Waals surface area contributed by atoms with Crippen molar-refractivity contribution in [1.29, 1.82) is 0 Å². The van der Waals surface area contributed by atoms with Crippen LogP contribution in [0.4, 0.5) is 5.69 Å². The summed E-state index contributed by atoms with van der Waals surface area (Å²) in [6.07, 6.45) is 0.916. The van der Waals surface area contributed by atoms with Crippen LogP contribution < -0.4 is 10.0 Å². The Morgan fingerprint density at radius 1 is 1.36 bits per heavy atom. The van der Waals surface area contributed by atoms with Crippen LogP contribution in [0.25, 0.3) is 0 Å². The van der Waals surface area contributed by atoms with Gasteiger partial charge in [-0.05, 0) is 43.5 Å². The van der Waals surface area contributed by atoms with Crippen LogP contribution in [0.15, 0.2) is 29.2 Å². The Bertz CT molecular complexity index is 627. The molecule has 0 aliphatic heterocycles. The molecule has 2 N–H and O–H groups in total. The molecule has 0 saturated heterocycles. The van der Waals surface area contributed by atoms with Crippen molar-refractivity contribution in [1.82, 2.24) is 4.72 Å². The zero-order chi connectivity index (χ0) is 16.3. The average molecular weight is 326 g/mol. The molecule has 1 saturated carbocycles. The number of amides is 1. The molecule has 0 bridgehead atoms. The van der Waals surface area contributed by atoms with E-state index in [9.17, 15) is 13.2 Å². The minimum absolute atomic E-state index is 0.00468. The Balaban J connectivity index is 2.00. The highest BCUT2D eigenvalue weighted by Gasteiger charge is 2.39. The van der Waals surface area contributed by atoms with Crippen molar-refractivity contribution < 1.29 is 17.9 Å². The van der Waals surface area contributed by atoms with E-state index >= 15 is 0 Å². The first-order valence-corrected chi connectivity index (χ1v) is 8.74. The van der Waals surface area contributed by atoms with E-state index in [-0.39, 0.29) is 22.8 Å². The Labute approximate surface area is 131 Å². The van der Waals surface area contributed by atoms with E-state index in [0.29, 0.717) is 18.2 Å². The summed E-state index contributed by atoms with van der Waals surface area (Å²) < 4.78 is 31.8. The van der Waals surface area contributed by atoms with E-state index in [1.807, 2.05) is 6.92 Å². The predicted octanol–water partition coefficient (Wildman–Crippen LogP) is 1.59. The van der Waals surface area contributed by atoms with Crippen molar-refractivity contribution in [3.05, 3.63) is 24.3 Å². The Morgan fingerprint density at radius 2 is 1.95 bits per heavy atom. The van der Waals surface area contributed by atoms with E-state index in [4.69, 9.17) is 4.74 Å². The van der Waals surface area contributed by atoms with Gasteiger partial charge in [0.2, 0.25) is 15.9 Å². The maximum atomic E-state index is 12.2. The summed E-state index contributed by atoms with van der Waals surface area (Å²) in [4.78, 5) is 12.0. The fourth-order valence-electron chi connectivity index (χ4n) is 2.26. The van der Waals surface area contributed by atoms with E-state index < -0.39 is 10.0 Å². The zero-order valence-electron chi connectivity index (χ0n) is 13.0. The molecule has 1 aliphatic carbocycles. The predicted molar refractivity (Wildman–Crippen MR) is 84.0 cm³/mol. The van der Waals surface area contributed by atoms with Gasteiger partial charge >= 0.3 is 0 Å². The van der Waals surface area contributed by atoms with Crippen LogP contribution in [-0.4, -0.2) is 34.1 Å². The molecule has 0 unspecified atom stereocenters. The van der Waals surface area contributed by atoms with Gasteiger partial charge in [-0.1, -0.05) is 6.92 Å². The molecule has 0 aromatic heterocycles. The average Bonchev–Trinajstić information content (AvgIpc) is 3.16. The lowest BCUT2D eigenvalue weighted by Crippen LogP contribution is -2.35. The number of anilines is 1. The van der Waals surface area contributed by atoms with Crippen molar-refractivity contribution >= 4 is 21.6 Å². The summed E-state index contributed by atoms with van der Waals surface area (Å²) in [5, 5.41) is 2.80. The second-order valence-corrected chi connectivity index (χ2v) is 7.52. The lowest BCUT2D eigenvalue weighted by molar-refractivity contribution is -0.117. The van der Waals surface area contributed by atoms with Crippen LogP contribution in [-0.2, 0) is 19.6 Å². The molecule has 6 nitrogen and oxygen atoms in total. The topological polar surface area (TPSA) is 84.5 Å². The first-order valence-electron chi connectivity index (χ1n) is 7.25. The number of ether oxygens (including phenoxy) is 1. The molecule has 0 spiro atoms. The van der Waals surface area contributed by atoms with Gasteiger partial charge in [0, 0.05) is 24.8 Å². The highest BCUT2D eigenvalue weighted by molar-refractivity contribution is 7.89. The second kappa shape index (κ2) is 6.76. The van der Waals surface area contributed by atoms with Crippen molar-refractivity contribution in [2.75, 3.05) is 19.0 Å². The summed E-state index contributed by atoms with van der Waals surface area (Å²) in [6.45, 7) is 4.06. The van der Waals surface area contributed by atoms with Gasteiger partial charge in [-0.3, -0.25) is 4.79 Å². The minimum atomic E-state index is -3.58. The number of benzene rings is 1. The van der Waals surface area contributed by atoms with Crippen LogP contribution in [0.3, 0.4) is 0 Å². The Kier molecular flexibility index (Phi) is 5.20. The van der Waals surface area contributed by atoms with E-state index in [0.717, 1.165) is 6.42 Å². The number of methoxy groups -OCH3 is 1. The monoisotopic (exact) mass is 326 g/mol. The highest BCUT2D eigenvalue weighted by atomic mass is 32.2. The standard InChI is InChI=1S/C15H22N2O4S/c1-10-8-14(10)15(18)16-12-4-6-13(7-5-12)22(19,20)17-11(2)9-21-3/h4-7,10-11,14,17H,8-9H2,1-3H3,(H,16,18)/t10-,11-,14-/m0/s1. The van der Waals surface area contributed by atoms with E-state index in [2.05, 4.69) is 10.0 Å². The molecule has 7 heteroatoms. The minimum Gasteiger partial charge on any atom is -0.383 e. The molecule has 122 valence electrons. The fourth-order valence-corrected chi connectivity index (χ4v) is 3.48. The van der Waals surface area contributed by atoms with Crippen molar-refractivity contribution in [3.8, 4) is 0 Å². The van der Waals surface area contributed by atoms with Crippen LogP contribution in [0.2, 0.25) is 0 Å². The summed E-state index contributed by atoms with van der Waals surface area (Å²) >= 11 is 0. The first-order chi connectivity index (χ1) is 10.3. The number of carbonyl (C=O) groups is 1. The number of carbonyl (C=O) groups excluding carboxylic acids is 1. The van der Waals surface area contributed by atoms with Gasteiger partial charge in [0.05, 0.1) is 11.5 Å². The Hall–Kier alpha value is -1.44. The van der Waals surface area contributed by atoms with Crippen molar-refractivity contribution in [3.63, 3.8) is 0 Å². The van der Waals surface area contributed by atoms with Gasteiger partial charge in [0.25, 0.3) is 0 Å². The SMILES string of the molecule is COC[C@H](C)NS(=O)(=O)c1ccc(NC(=O)[C@H]2C[C@@H]2C)cc1. The third kappa shape index (κ3) is 4.28. The molecule has 1 aliphatic rings. The molecular weight excluding hydrogens is 304 g/mol. The number of nitrogens with one attached hydrogen (secondary N) is 2. The number of rotatable bonds is 7. The second-order valence-electron chi connectivity index (χ2n) is 5.81. The quantitative estimate of drug-likeness (QED) is 0.797. The van der Waals surface area contributed by atoms with Crippen LogP contribution in [0.1, 0.15) is 20.3 Å². The molecule has 1 amide bonds. The van der Waals surface area contributed by atoms with E-state index in [1.54, 1.807) is 19.1 Å². The summed E-state index contributed by atoms with van der Waals surface area (Å²) in [7, 11) is -2.07. The zero-order valence-corrected chi connectivity index (χ0v) is 13.8. The largest absolute Gasteiger partial charge is 0.383 e. The van der Waals surface area contributed by atoms with Gasteiger partial charge in [0.15, 0.2) is 0 Å². The number of hydrogen-bond donors (Lipinski definition) is 2. The molecule has 2 rings (SSSR count). The van der Waals surface area contributed by atoms with Gasteiger partial charge in [-0.15, -0.1) is 0 Å².